The summed E-state index contributed by atoms with van der Waals surface area (Å²) in [7, 11) is 0. The Hall–Kier alpha value is -2.75. The minimum absolute atomic E-state index is 0.231. The van der Waals surface area contributed by atoms with Crippen LogP contribution in [-0.4, -0.2) is 17.7 Å². The highest BCUT2D eigenvalue weighted by Gasteiger charge is 1.99. The summed E-state index contributed by atoms with van der Waals surface area (Å²) in [5.74, 6) is 0.231. The Morgan fingerprint density at radius 2 is 1.81 bits per heavy atom. The fourth-order valence-corrected chi connectivity index (χ4v) is 1.70. The summed E-state index contributed by atoms with van der Waals surface area (Å²) in [6.07, 6.45) is 3.22. The highest BCUT2D eigenvalue weighted by atomic mass is 16.5. The number of nitrogens with one attached hydrogen (secondary N) is 1. The molecule has 21 heavy (non-hydrogen) atoms. The molecule has 0 fully saturated rings. The third-order valence-electron chi connectivity index (χ3n) is 2.78. The van der Waals surface area contributed by atoms with Gasteiger partial charge in [0, 0.05) is 6.54 Å². The lowest BCUT2D eigenvalue weighted by Gasteiger charge is -2.05. The van der Waals surface area contributed by atoms with E-state index in [0.29, 0.717) is 6.54 Å². The van der Waals surface area contributed by atoms with E-state index in [1.807, 2.05) is 42.5 Å². The smallest absolute Gasteiger partial charge is 0.407 e. The summed E-state index contributed by atoms with van der Waals surface area (Å²) < 4.78 is 5.08. The molecule has 0 saturated carbocycles. The van der Waals surface area contributed by atoms with Crippen LogP contribution in [0.1, 0.15) is 11.1 Å². The molecule has 0 bridgehead atoms. The van der Waals surface area contributed by atoms with Gasteiger partial charge in [-0.05, 0) is 23.3 Å². The molecular formula is C17H17NO3. The van der Waals surface area contributed by atoms with E-state index in [-0.39, 0.29) is 12.4 Å². The largest absolute Gasteiger partial charge is 0.508 e. The lowest BCUT2D eigenvalue weighted by atomic mass is 10.2. The molecule has 2 N–H and O–H groups in total. The summed E-state index contributed by atoms with van der Waals surface area (Å²) in [4.78, 5) is 11.5. The molecule has 0 spiro atoms. The molecule has 0 atom stereocenters. The number of carbonyl (C=O) groups excluding carboxylic acids is 1. The Balaban J connectivity index is 1.68. The van der Waals surface area contributed by atoms with Crippen molar-refractivity contribution < 1.29 is 14.6 Å². The molecule has 2 aromatic carbocycles. The highest BCUT2D eigenvalue weighted by molar-refractivity contribution is 5.67. The average molecular weight is 283 g/mol. The molecule has 0 heterocycles. The van der Waals surface area contributed by atoms with Gasteiger partial charge in [0.25, 0.3) is 0 Å². The van der Waals surface area contributed by atoms with Crippen LogP contribution < -0.4 is 5.32 Å². The second-order valence-electron chi connectivity index (χ2n) is 4.44. The van der Waals surface area contributed by atoms with E-state index in [4.69, 9.17) is 9.84 Å². The van der Waals surface area contributed by atoms with Gasteiger partial charge in [-0.25, -0.2) is 4.79 Å². The number of rotatable bonds is 5. The zero-order chi connectivity index (χ0) is 14.9. The Morgan fingerprint density at radius 3 is 2.52 bits per heavy atom. The van der Waals surface area contributed by atoms with Gasteiger partial charge in [0.2, 0.25) is 0 Å². The van der Waals surface area contributed by atoms with Gasteiger partial charge in [-0.15, -0.1) is 0 Å². The maximum absolute atomic E-state index is 11.5. The SMILES string of the molecule is O=C(NCC=Cc1ccc(O)cc1)OCc1ccccc1. The Bertz CT molecular complexity index is 591. The summed E-state index contributed by atoms with van der Waals surface area (Å²) in [6.45, 7) is 0.642. The Morgan fingerprint density at radius 1 is 1.10 bits per heavy atom. The van der Waals surface area contributed by atoms with E-state index in [0.717, 1.165) is 11.1 Å². The standard InChI is InChI=1S/C17H17NO3/c19-16-10-8-14(9-11-16)7-4-12-18-17(20)21-13-15-5-2-1-3-6-15/h1-11,19H,12-13H2,(H,18,20). The van der Waals surface area contributed by atoms with Crippen LogP contribution in [0, 0.1) is 0 Å². The van der Waals surface area contributed by atoms with E-state index in [2.05, 4.69) is 5.32 Å². The summed E-state index contributed by atoms with van der Waals surface area (Å²) in [6, 6.07) is 16.3. The third kappa shape index (κ3) is 5.40. The van der Waals surface area contributed by atoms with Crippen molar-refractivity contribution in [2.45, 2.75) is 6.61 Å². The fourth-order valence-electron chi connectivity index (χ4n) is 1.70. The number of benzene rings is 2. The van der Waals surface area contributed by atoms with Crippen LogP contribution in [0.15, 0.2) is 60.7 Å². The molecule has 0 aliphatic heterocycles. The number of phenolic OH excluding ortho intramolecular Hbond substituents is 1. The fraction of sp³-hybridized carbons (Fsp3) is 0.118. The topological polar surface area (TPSA) is 58.6 Å². The van der Waals surface area contributed by atoms with E-state index in [1.165, 1.54) is 0 Å². The summed E-state index contributed by atoms with van der Waals surface area (Å²) >= 11 is 0. The first-order valence-corrected chi connectivity index (χ1v) is 6.64. The minimum atomic E-state index is -0.450. The van der Waals surface area contributed by atoms with Gasteiger partial charge in [0.15, 0.2) is 0 Å². The van der Waals surface area contributed by atoms with Crippen LogP contribution in [-0.2, 0) is 11.3 Å². The van der Waals surface area contributed by atoms with Crippen LogP contribution in [0.3, 0.4) is 0 Å². The number of aromatic hydroxyl groups is 1. The predicted molar refractivity (Wildman–Crippen MR) is 81.8 cm³/mol. The molecule has 108 valence electrons. The maximum atomic E-state index is 11.5. The Kier molecular flexibility index (Phi) is 5.41. The average Bonchev–Trinajstić information content (AvgIpc) is 2.52. The lowest BCUT2D eigenvalue weighted by molar-refractivity contribution is 0.141. The molecule has 4 nitrogen and oxygen atoms in total. The van der Waals surface area contributed by atoms with Crippen molar-refractivity contribution in [3.63, 3.8) is 0 Å². The van der Waals surface area contributed by atoms with Gasteiger partial charge in [-0.2, -0.15) is 0 Å². The van der Waals surface area contributed by atoms with Crippen LogP contribution in [0.2, 0.25) is 0 Å². The van der Waals surface area contributed by atoms with Gasteiger partial charge < -0.3 is 15.2 Å². The summed E-state index contributed by atoms with van der Waals surface area (Å²) in [5.41, 5.74) is 1.90. The first-order valence-electron chi connectivity index (χ1n) is 6.64. The molecular weight excluding hydrogens is 266 g/mol. The molecule has 0 aliphatic rings. The van der Waals surface area contributed by atoms with Crippen molar-refractivity contribution in [3.05, 3.63) is 71.8 Å². The number of hydrogen-bond donors (Lipinski definition) is 2. The van der Waals surface area contributed by atoms with Gasteiger partial charge in [-0.1, -0.05) is 54.6 Å². The number of alkyl carbamates (subject to hydrolysis) is 1. The molecule has 2 aromatic rings. The van der Waals surface area contributed by atoms with Gasteiger partial charge in [0.05, 0.1) is 0 Å². The second kappa shape index (κ2) is 7.75. The first-order chi connectivity index (χ1) is 10.2. The van der Waals surface area contributed by atoms with Crippen LogP contribution in [0.5, 0.6) is 5.75 Å². The highest BCUT2D eigenvalue weighted by Crippen LogP contribution is 2.10. The zero-order valence-electron chi connectivity index (χ0n) is 11.5. The number of amides is 1. The molecule has 0 aromatic heterocycles. The molecule has 0 radical (unpaired) electrons. The molecule has 0 saturated heterocycles. The van der Waals surface area contributed by atoms with Crippen molar-refractivity contribution in [1.82, 2.24) is 5.32 Å². The second-order valence-corrected chi connectivity index (χ2v) is 4.44. The lowest BCUT2D eigenvalue weighted by Crippen LogP contribution is -2.24. The van der Waals surface area contributed by atoms with E-state index in [9.17, 15) is 4.79 Å². The normalized spacial score (nSPS) is 10.5. The molecule has 0 aliphatic carbocycles. The number of phenols is 1. The number of carbonyl (C=O) groups is 1. The molecule has 4 heteroatoms. The third-order valence-corrected chi connectivity index (χ3v) is 2.78. The minimum Gasteiger partial charge on any atom is -0.508 e. The van der Waals surface area contributed by atoms with E-state index < -0.39 is 6.09 Å². The van der Waals surface area contributed by atoms with E-state index >= 15 is 0 Å². The van der Waals surface area contributed by atoms with Crippen LogP contribution >= 0.6 is 0 Å². The first kappa shape index (κ1) is 14.7. The van der Waals surface area contributed by atoms with Crippen LogP contribution in [0.25, 0.3) is 6.08 Å². The van der Waals surface area contributed by atoms with E-state index in [1.54, 1.807) is 24.3 Å². The van der Waals surface area contributed by atoms with Crippen molar-refractivity contribution in [1.29, 1.82) is 0 Å². The van der Waals surface area contributed by atoms with Crippen molar-refractivity contribution in [2.75, 3.05) is 6.54 Å². The van der Waals surface area contributed by atoms with Gasteiger partial charge in [0.1, 0.15) is 12.4 Å². The molecule has 2 rings (SSSR count). The summed E-state index contributed by atoms with van der Waals surface area (Å²) in [5, 5.41) is 11.8. The van der Waals surface area contributed by atoms with Crippen LogP contribution in [0.4, 0.5) is 4.79 Å². The molecule has 0 unspecified atom stereocenters. The quantitative estimate of drug-likeness (QED) is 0.885. The predicted octanol–water partition coefficient (Wildman–Crippen LogP) is 3.33. The Labute approximate surface area is 123 Å². The van der Waals surface area contributed by atoms with Crippen molar-refractivity contribution in [2.24, 2.45) is 0 Å². The van der Waals surface area contributed by atoms with Gasteiger partial charge in [-0.3, -0.25) is 0 Å². The maximum Gasteiger partial charge on any atom is 0.407 e. The number of ether oxygens (including phenoxy) is 1. The molecule has 1 amide bonds. The zero-order valence-corrected chi connectivity index (χ0v) is 11.5. The number of hydrogen-bond acceptors (Lipinski definition) is 3. The van der Waals surface area contributed by atoms with Crippen molar-refractivity contribution in [3.8, 4) is 5.75 Å². The van der Waals surface area contributed by atoms with Crippen molar-refractivity contribution >= 4 is 12.2 Å². The van der Waals surface area contributed by atoms with Gasteiger partial charge >= 0.3 is 6.09 Å². The monoisotopic (exact) mass is 283 g/mol.